The van der Waals surface area contributed by atoms with Gasteiger partial charge in [0.15, 0.2) is 0 Å². The highest BCUT2D eigenvalue weighted by atomic mass is 16.5. The summed E-state index contributed by atoms with van der Waals surface area (Å²) in [5, 5.41) is 3.18. The molecule has 0 amide bonds. The molecule has 0 unspecified atom stereocenters. The molecule has 104 valence electrons. The number of benzene rings is 1. The second-order valence-electron chi connectivity index (χ2n) is 4.74. The van der Waals surface area contributed by atoms with Gasteiger partial charge in [-0.2, -0.15) is 0 Å². The molecule has 1 aromatic carbocycles. The topological polar surface area (TPSA) is 71.7 Å². The van der Waals surface area contributed by atoms with Crippen LogP contribution in [0.15, 0.2) is 29.3 Å². The van der Waals surface area contributed by atoms with Crippen molar-refractivity contribution < 1.29 is 4.74 Å². The number of hydrazine groups is 1. The van der Waals surface area contributed by atoms with Crippen LogP contribution < -0.4 is 21.3 Å². The average Bonchev–Trinajstić information content (AvgIpc) is 2.48. The number of hydrogen-bond acceptors (Lipinski definition) is 3. The van der Waals surface area contributed by atoms with E-state index in [9.17, 15) is 0 Å². The number of nitrogens with zero attached hydrogens (tertiary/aromatic N) is 1. The molecule has 0 radical (unpaired) electrons. The second-order valence-corrected chi connectivity index (χ2v) is 4.74. The van der Waals surface area contributed by atoms with Gasteiger partial charge in [-0.3, -0.25) is 5.43 Å². The fraction of sp³-hybridized carbons (Fsp3) is 0.500. The Hall–Kier alpha value is -1.75. The lowest BCUT2D eigenvalue weighted by Crippen LogP contribution is -2.37. The molecule has 0 atom stereocenters. The molecule has 1 aliphatic carbocycles. The molecule has 0 spiro atoms. The van der Waals surface area contributed by atoms with Gasteiger partial charge in [0.25, 0.3) is 0 Å². The number of anilines is 1. The van der Waals surface area contributed by atoms with E-state index in [2.05, 4.69) is 15.7 Å². The molecule has 1 aromatic rings. The number of nitrogens with one attached hydrogen (secondary N) is 2. The Morgan fingerprint density at radius 2 is 2.00 bits per heavy atom. The fourth-order valence-corrected chi connectivity index (χ4v) is 2.37. The highest BCUT2D eigenvalue weighted by molar-refractivity contribution is 5.94. The van der Waals surface area contributed by atoms with Crippen molar-refractivity contribution in [3.05, 3.63) is 24.3 Å². The summed E-state index contributed by atoms with van der Waals surface area (Å²) >= 11 is 0. The largest absolute Gasteiger partial charge is 0.495 e. The van der Waals surface area contributed by atoms with Crippen LogP contribution in [0, 0.1) is 0 Å². The van der Waals surface area contributed by atoms with Gasteiger partial charge in [-0.05, 0) is 25.0 Å². The third-order valence-corrected chi connectivity index (χ3v) is 3.38. The standard InChI is InChI=1S/C14H22N4O/c1-19-13-10-6-5-9-12(13)17-14(18-15)16-11-7-3-2-4-8-11/h5-6,9-11H,2-4,7-8,15H2,1H3,(H2,16,17,18). The van der Waals surface area contributed by atoms with E-state index in [-0.39, 0.29) is 0 Å². The molecule has 4 N–H and O–H groups in total. The zero-order valence-corrected chi connectivity index (χ0v) is 11.4. The normalized spacial score (nSPS) is 17.1. The third kappa shape index (κ3) is 3.86. The summed E-state index contributed by atoms with van der Waals surface area (Å²) in [5.41, 5.74) is 3.49. The van der Waals surface area contributed by atoms with Crippen LogP contribution in [0.25, 0.3) is 0 Å². The number of para-hydroxylation sites is 2. The summed E-state index contributed by atoms with van der Waals surface area (Å²) in [6.45, 7) is 0. The molecule has 0 aromatic heterocycles. The Morgan fingerprint density at radius 1 is 1.26 bits per heavy atom. The Labute approximate surface area is 114 Å². The Balaban J connectivity index is 2.07. The molecule has 5 nitrogen and oxygen atoms in total. The number of hydrogen-bond donors (Lipinski definition) is 3. The van der Waals surface area contributed by atoms with Crippen molar-refractivity contribution >= 4 is 11.6 Å². The van der Waals surface area contributed by atoms with Crippen LogP contribution in [0.5, 0.6) is 5.75 Å². The third-order valence-electron chi connectivity index (χ3n) is 3.38. The summed E-state index contributed by atoms with van der Waals surface area (Å²) in [6, 6.07) is 8.07. The molecule has 1 saturated carbocycles. The van der Waals surface area contributed by atoms with Crippen molar-refractivity contribution in [2.24, 2.45) is 10.8 Å². The van der Waals surface area contributed by atoms with Gasteiger partial charge in [-0.25, -0.2) is 10.8 Å². The van der Waals surface area contributed by atoms with Gasteiger partial charge in [0.1, 0.15) is 5.75 Å². The van der Waals surface area contributed by atoms with Gasteiger partial charge in [-0.1, -0.05) is 31.4 Å². The van der Waals surface area contributed by atoms with Gasteiger partial charge in [0, 0.05) is 0 Å². The minimum atomic E-state index is 0.363. The zero-order chi connectivity index (χ0) is 13.5. The molecule has 19 heavy (non-hydrogen) atoms. The first-order chi connectivity index (χ1) is 9.33. The Kier molecular flexibility index (Phi) is 5.03. The van der Waals surface area contributed by atoms with Crippen molar-refractivity contribution in [1.29, 1.82) is 0 Å². The monoisotopic (exact) mass is 262 g/mol. The van der Waals surface area contributed by atoms with Gasteiger partial charge in [-0.15, -0.1) is 0 Å². The van der Waals surface area contributed by atoms with E-state index in [0.29, 0.717) is 12.0 Å². The first kappa shape index (κ1) is 13.7. The molecule has 0 heterocycles. The number of nitrogens with two attached hydrogens (primary N) is 1. The maximum atomic E-state index is 5.55. The Bertz CT molecular complexity index is 427. The lowest BCUT2D eigenvalue weighted by Gasteiger charge is -2.20. The number of rotatable bonds is 3. The van der Waals surface area contributed by atoms with Crippen LogP contribution in [-0.4, -0.2) is 19.1 Å². The zero-order valence-electron chi connectivity index (χ0n) is 11.4. The van der Waals surface area contributed by atoms with Crippen LogP contribution in [-0.2, 0) is 0 Å². The average molecular weight is 262 g/mol. The maximum absolute atomic E-state index is 5.55. The predicted octanol–water partition coefficient (Wildman–Crippen LogP) is 2.26. The van der Waals surface area contributed by atoms with Gasteiger partial charge < -0.3 is 10.1 Å². The van der Waals surface area contributed by atoms with Gasteiger partial charge in [0.2, 0.25) is 5.96 Å². The van der Waals surface area contributed by atoms with E-state index >= 15 is 0 Å². The van der Waals surface area contributed by atoms with E-state index in [4.69, 9.17) is 10.6 Å². The molecule has 1 aliphatic rings. The number of ether oxygens (including phenoxy) is 1. The van der Waals surface area contributed by atoms with Crippen LogP contribution in [0.2, 0.25) is 0 Å². The number of methoxy groups -OCH3 is 1. The van der Waals surface area contributed by atoms with E-state index < -0.39 is 0 Å². The summed E-state index contributed by atoms with van der Waals surface area (Å²) < 4.78 is 5.29. The summed E-state index contributed by atoms with van der Waals surface area (Å²) in [6.07, 6.45) is 6.09. The Morgan fingerprint density at radius 3 is 2.68 bits per heavy atom. The molecule has 5 heteroatoms. The minimum absolute atomic E-state index is 0.363. The molecule has 0 aliphatic heterocycles. The van der Waals surface area contributed by atoms with Crippen LogP contribution in [0.4, 0.5) is 5.69 Å². The van der Waals surface area contributed by atoms with E-state index in [0.717, 1.165) is 24.3 Å². The van der Waals surface area contributed by atoms with Gasteiger partial charge >= 0.3 is 0 Å². The molecule has 0 saturated heterocycles. The highest BCUT2D eigenvalue weighted by Crippen LogP contribution is 2.24. The quantitative estimate of drug-likeness (QED) is 0.338. The predicted molar refractivity (Wildman–Crippen MR) is 78.2 cm³/mol. The van der Waals surface area contributed by atoms with Crippen molar-refractivity contribution in [2.45, 2.75) is 38.1 Å². The van der Waals surface area contributed by atoms with Crippen molar-refractivity contribution in [2.75, 3.05) is 12.4 Å². The van der Waals surface area contributed by atoms with E-state index in [1.807, 2.05) is 24.3 Å². The second kappa shape index (κ2) is 6.99. The molecule has 0 bridgehead atoms. The number of aliphatic imine (C=N–C) groups is 1. The van der Waals surface area contributed by atoms with Crippen molar-refractivity contribution in [3.8, 4) is 5.75 Å². The van der Waals surface area contributed by atoms with Crippen LogP contribution in [0.1, 0.15) is 32.1 Å². The van der Waals surface area contributed by atoms with Crippen LogP contribution >= 0.6 is 0 Å². The molecular weight excluding hydrogens is 240 g/mol. The maximum Gasteiger partial charge on any atom is 0.210 e. The fourth-order valence-electron chi connectivity index (χ4n) is 2.37. The summed E-state index contributed by atoms with van der Waals surface area (Å²) in [7, 11) is 1.65. The molecular formula is C14H22N4O. The molecule has 2 rings (SSSR count). The summed E-state index contributed by atoms with van der Waals surface area (Å²) in [4.78, 5) is 4.64. The lowest BCUT2D eigenvalue weighted by atomic mass is 9.96. The SMILES string of the molecule is COc1ccccc1NC(=NC1CCCCC1)NN. The summed E-state index contributed by atoms with van der Waals surface area (Å²) in [5.74, 6) is 6.91. The van der Waals surface area contributed by atoms with Crippen molar-refractivity contribution in [3.63, 3.8) is 0 Å². The first-order valence-electron chi connectivity index (χ1n) is 6.78. The molecule has 1 fully saturated rings. The van der Waals surface area contributed by atoms with Crippen LogP contribution in [0.3, 0.4) is 0 Å². The van der Waals surface area contributed by atoms with E-state index in [1.54, 1.807) is 7.11 Å². The first-order valence-corrected chi connectivity index (χ1v) is 6.78. The minimum Gasteiger partial charge on any atom is -0.495 e. The smallest absolute Gasteiger partial charge is 0.210 e. The van der Waals surface area contributed by atoms with Crippen molar-refractivity contribution in [1.82, 2.24) is 5.43 Å². The lowest BCUT2D eigenvalue weighted by molar-refractivity contribution is 0.417. The highest BCUT2D eigenvalue weighted by Gasteiger charge is 2.13. The van der Waals surface area contributed by atoms with Gasteiger partial charge in [0.05, 0.1) is 18.8 Å². The van der Waals surface area contributed by atoms with E-state index in [1.165, 1.54) is 19.3 Å². The number of guanidine groups is 1.